The van der Waals surface area contributed by atoms with E-state index < -0.39 is 5.54 Å². The number of aromatic nitrogens is 1. The van der Waals surface area contributed by atoms with Gasteiger partial charge in [0.15, 0.2) is 0 Å². The van der Waals surface area contributed by atoms with Crippen molar-refractivity contribution in [2.45, 2.75) is 31.7 Å². The van der Waals surface area contributed by atoms with E-state index in [1.807, 2.05) is 6.92 Å². The van der Waals surface area contributed by atoms with Crippen molar-refractivity contribution in [1.82, 2.24) is 4.98 Å². The van der Waals surface area contributed by atoms with Crippen LogP contribution in [0.15, 0.2) is 5.38 Å². The van der Waals surface area contributed by atoms with Crippen molar-refractivity contribution in [3.63, 3.8) is 0 Å². The predicted molar refractivity (Wildman–Crippen MR) is 52.0 cm³/mol. The lowest BCUT2D eigenvalue weighted by atomic mass is 9.74. The molecule has 0 aromatic carbocycles. The van der Waals surface area contributed by atoms with Gasteiger partial charge >= 0.3 is 0 Å². The molecular weight excluding hydrogens is 184 g/mol. The Morgan fingerprint density at radius 2 is 2.38 bits per heavy atom. The highest BCUT2D eigenvalue weighted by Crippen LogP contribution is 2.32. The Bertz CT molecular complexity index is 341. The average molecular weight is 196 g/mol. The van der Waals surface area contributed by atoms with Gasteiger partial charge in [-0.15, -0.1) is 11.3 Å². The fraction of sp³-hybridized carbons (Fsp3) is 0.556. The molecule has 0 atom stereocenters. The molecule has 0 amide bonds. The van der Waals surface area contributed by atoms with Gasteiger partial charge in [0.25, 0.3) is 0 Å². The van der Waals surface area contributed by atoms with Gasteiger partial charge in [0.05, 0.1) is 10.5 Å². The zero-order valence-corrected chi connectivity index (χ0v) is 8.36. The monoisotopic (exact) mass is 196 g/mol. The normalized spacial score (nSPS) is 19.5. The summed E-state index contributed by atoms with van der Waals surface area (Å²) >= 11 is 1.50. The number of thiazole rings is 1. The van der Waals surface area contributed by atoms with Gasteiger partial charge in [-0.3, -0.25) is 4.79 Å². The lowest BCUT2D eigenvalue weighted by molar-refractivity contribution is 0.0796. The number of rotatable bonds is 2. The first kappa shape index (κ1) is 8.84. The van der Waals surface area contributed by atoms with E-state index in [0.29, 0.717) is 5.69 Å². The Morgan fingerprint density at radius 3 is 2.77 bits per heavy atom. The van der Waals surface area contributed by atoms with Crippen molar-refractivity contribution in [3.05, 3.63) is 16.1 Å². The Balaban J connectivity index is 2.22. The molecule has 1 saturated carbocycles. The third-order valence-electron chi connectivity index (χ3n) is 2.55. The molecule has 70 valence electrons. The summed E-state index contributed by atoms with van der Waals surface area (Å²) in [7, 11) is 0. The lowest BCUT2D eigenvalue weighted by Gasteiger charge is -2.35. The number of nitrogens with two attached hydrogens (primary N) is 1. The van der Waals surface area contributed by atoms with Gasteiger partial charge < -0.3 is 5.73 Å². The van der Waals surface area contributed by atoms with Crippen LogP contribution in [-0.2, 0) is 0 Å². The lowest BCUT2D eigenvalue weighted by Crippen LogP contribution is -2.53. The summed E-state index contributed by atoms with van der Waals surface area (Å²) < 4.78 is 0. The molecule has 1 heterocycles. The van der Waals surface area contributed by atoms with Gasteiger partial charge in [0.2, 0.25) is 5.78 Å². The largest absolute Gasteiger partial charge is 0.319 e. The SMILES string of the molecule is Cc1nc(C(=O)C2(N)CCC2)cs1. The van der Waals surface area contributed by atoms with Crippen molar-refractivity contribution in [3.8, 4) is 0 Å². The number of hydrogen-bond donors (Lipinski definition) is 1. The highest BCUT2D eigenvalue weighted by Gasteiger charge is 2.41. The first-order valence-corrected chi connectivity index (χ1v) is 5.26. The van der Waals surface area contributed by atoms with Crippen LogP contribution in [0.5, 0.6) is 0 Å². The minimum Gasteiger partial charge on any atom is -0.319 e. The molecule has 0 spiro atoms. The van der Waals surface area contributed by atoms with Crippen molar-refractivity contribution in [1.29, 1.82) is 0 Å². The molecule has 4 heteroatoms. The third-order valence-corrected chi connectivity index (χ3v) is 3.32. The number of aryl methyl sites for hydroxylation is 1. The number of hydrogen-bond acceptors (Lipinski definition) is 4. The van der Waals surface area contributed by atoms with Crippen LogP contribution >= 0.6 is 11.3 Å². The maximum absolute atomic E-state index is 11.8. The van der Waals surface area contributed by atoms with Crippen molar-refractivity contribution < 1.29 is 4.79 Å². The van der Waals surface area contributed by atoms with Gasteiger partial charge in [0.1, 0.15) is 5.69 Å². The summed E-state index contributed by atoms with van der Waals surface area (Å²) in [4.78, 5) is 15.9. The molecule has 2 rings (SSSR count). The average Bonchev–Trinajstić information content (AvgIpc) is 2.46. The molecule has 0 radical (unpaired) electrons. The summed E-state index contributed by atoms with van der Waals surface area (Å²) in [6, 6.07) is 0. The van der Waals surface area contributed by atoms with E-state index >= 15 is 0 Å². The summed E-state index contributed by atoms with van der Waals surface area (Å²) in [6.07, 6.45) is 2.68. The molecule has 1 aliphatic carbocycles. The number of ketones is 1. The minimum absolute atomic E-state index is 0.0168. The topological polar surface area (TPSA) is 56.0 Å². The van der Waals surface area contributed by atoms with Gasteiger partial charge in [-0.1, -0.05) is 0 Å². The van der Waals surface area contributed by atoms with Gasteiger partial charge in [-0.25, -0.2) is 4.98 Å². The second-order valence-electron chi connectivity index (χ2n) is 3.59. The first-order valence-electron chi connectivity index (χ1n) is 4.38. The van der Waals surface area contributed by atoms with E-state index in [4.69, 9.17) is 5.73 Å². The van der Waals surface area contributed by atoms with Crippen LogP contribution in [0.3, 0.4) is 0 Å². The molecule has 1 aliphatic rings. The van der Waals surface area contributed by atoms with Gasteiger partial charge in [-0.2, -0.15) is 0 Å². The van der Waals surface area contributed by atoms with E-state index in [1.54, 1.807) is 5.38 Å². The molecule has 0 aliphatic heterocycles. The zero-order valence-electron chi connectivity index (χ0n) is 7.54. The van der Waals surface area contributed by atoms with Crippen LogP contribution in [-0.4, -0.2) is 16.3 Å². The molecule has 1 fully saturated rings. The zero-order chi connectivity index (χ0) is 9.47. The quantitative estimate of drug-likeness (QED) is 0.729. The Morgan fingerprint density at radius 1 is 1.69 bits per heavy atom. The van der Waals surface area contributed by atoms with Crippen molar-refractivity contribution in [2.24, 2.45) is 5.73 Å². The number of nitrogens with zero attached hydrogens (tertiary/aromatic N) is 1. The Hall–Kier alpha value is -0.740. The maximum atomic E-state index is 11.8. The summed E-state index contributed by atoms with van der Waals surface area (Å²) in [5.74, 6) is 0.0168. The third kappa shape index (κ3) is 1.40. The van der Waals surface area contributed by atoms with Gasteiger partial charge in [-0.05, 0) is 26.2 Å². The van der Waals surface area contributed by atoms with E-state index in [2.05, 4.69) is 4.98 Å². The number of carbonyl (C=O) groups excluding carboxylic acids is 1. The van der Waals surface area contributed by atoms with Crippen LogP contribution in [0, 0.1) is 6.92 Å². The Kier molecular flexibility index (Phi) is 1.96. The van der Waals surface area contributed by atoms with Crippen molar-refractivity contribution >= 4 is 17.1 Å². The smallest absolute Gasteiger partial charge is 0.201 e. The van der Waals surface area contributed by atoms with Crippen molar-refractivity contribution in [2.75, 3.05) is 0 Å². The second kappa shape index (κ2) is 2.89. The molecule has 3 nitrogen and oxygen atoms in total. The summed E-state index contributed by atoms with van der Waals surface area (Å²) in [5.41, 5.74) is 5.85. The summed E-state index contributed by atoms with van der Waals surface area (Å²) in [6.45, 7) is 1.89. The van der Waals surface area contributed by atoms with Crippen LogP contribution < -0.4 is 5.73 Å². The highest BCUT2D eigenvalue weighted by molar-refractivity contribution is 7.09. The van der Waals surface area contributed by atoms with Crippen LogP contribution in [0.2, 0.25) is 0 Å². The molecular formula is C9H12N2OS. The molecule has 1 aromatic rings. The van der Waals surface area contributed by atoms with Crippen LogP contribution in [0.1, 0.15) is 34.8 Å². The number of carbonyl (C=O) groups is 1. The van der Waals surface area contributed by atoms with Crippen LogP contribution in [0.25, 0.3) is 0 Å². The number of Topliss-reactive ketones (excluding diaryl/α,β-unsaturated/α-hetero) is 1. The molecule has 0 unspecified atom stereocenters. The molecule has 2 N–H and O–H groups in total. The maximum Gasteiger partial charge on any atom is 0.201 e. The molecule has 0 bridgehead atoms. The first-order chi connectivity index (χ1) is 6.12. The minimum atomic E-state index is -0.597. The molecule has 1 aromatic heterocycles. The van der Waals surface area contributed by atoms with E-state index in [1.165, 1.54) is 11.3 Å². The fourth-order valence-corrected chi connectivity index (χ4v) is 2.10. The van der Waals surface area contributed by atoms with E-state index in [-0.39, 0.29) is 5.78 Å². The van der Waals surface area contributed by atoms with E-state index in [0.717, 1.165) is 24.3 Å². The molecule has 0 saturated heterocycles. The fourth-order valence-electron chi connectivity index (χ4n) is 1.51. The second-order valence-corrected chi connectivity index (χ2v) is 4.65. The Labute approximate surface area is 81.0 Å². The molecule has 13 heavy (non-hydrogen) atoms. The van der Waals surface area contributed by atoms with Gasteiger partial charge in [0, 0.05) is 5.38 Å². The standard InChI is InChI=1S/C9H12N2OS/c1-6-11-7(5-13-6)8(12)9(10)3-2-4-9/h5H,2-4,10H2,1H3. The van der Waals surface area contributed by atoms with Crippen LogP contribution in [0.4, 0.5) is 0 Å². The van der Waals surface area contributed by atoms with E-state index in [9.17, 15) is 4.79 Å². The highest BCUT2D eigenvalue weighted by atomic mass is 32.1. The summed E-state index contributed by atoms with van der Waals surface area (Å²) in [5, 5.41) is 2.72. The predicted octanol–water partition coefficient (Wildman–Crippen LogP) is 1.52.